The van der Waals surface area contributed by atoms with Crippen LogP contribution in [0.5, 0.6) is 0 Å². The van der Waals surface area contributed by atoms with Crippen LogP contribution in [0.4, 0.5) is 0 Å². The molecule has 13 heavy (non-hydrogen) atoms. The second-order valence-corrected chi connectivity index (χ2v) is 4.12. The van der Waals surface area contributed by atoms with Gasteiger partial charge in [-0.05, 0) is 18.2 Å². The van der Waals surface area contributed by atoms with Crippen molar-refractivity contribution in [1.82, 2.24) is 0 Å². The van der Waals surface area contributed by atoms with Gasteiger partial charge < -0.3 is 5.73 Å². The highest BCUT2D eigenvalue weighted by Crippen LogP contribution is 2.25. The van der Waals surface area contributed by atoms with Crippen LogP contribution in [0.25, 0.3) is 5.70 Å². The lowest BCUT2D eigenvalue weighted by molar-refractivity contribution is 1.46. The number of rotatable bonds is 1. The molecule has 0 amide bonds. The molecule has 0 bridgehead atoms. The fraction of sp³-hybridized carbons (Fsp3) is 0. The fourth-order valence-corrected chi connectivity index (χ4v) is 1.70. The van der Waals surface area contributed by atoms with Crippen molar-refractivity contribution in [1.29, 1.82) is 5.26 Å². The van der Waals surface area contributed by atoms with Gasteiger partial charge in [0.15, 0.2) is 0 Å². The fourth-order valence-electron chi connectivity index (χ4n) is 0.866. The summed E-state index contributed by atoms with van der Waals surface area (Å²) in [6.07, 6.45) is 1.31. The van der Waals surface area contributed by atoms with Gasteiger partial charge in [-0.2, -0.15) is 5.26 Å². The first kappa shape index (κ1) is 10.3. The zero-order valence-corrected chi connectivity index (χ0v) is 9.76. The maximum atomic E-state index is 8.42. The lowest BCUT2D eigenvalue weighted by atomic mass is 10.1. The SMILES string of the molecule is N#C/C=C(/N)c1cc(Br)ccc1Br. The molecule has 66 valence electrons. The van der Waals surface area contributed by atoms with Gasteiger partial charge in [-0.25, -0.2) is 0 Å². The number of nitriles is 1. The van der Waals surface area contributed by atoms with E-state index in [9.17, 15) is 0 Å². The minimum Gasteiger partial charge on any atom is -0.398 e. The van der Waals surface area contributed by atoms with Gasteiger partial charge in [0.25, 0.3) is 0 Å². The van der Waals surface area contributed by atoms with E-state index in [2.05, 4.69) is 31.9 Å². The predicted octanol–water partition coefficient (Wildman–Crippen LogP) is 3.03. The van der Waals surface area contributed by atoms with Crippen molar-refractivity contribution in [2.24, 2.45) is 5.73 Å². The summed E-state index contributed by atoms with van der Waals surface area (Å²) in [5.74, 6) is 0. The predicted molar refractivity (Wildman–Crippen MR) is 59.6 cm³/mol. The number of nitrogens with zero attached hydrogens (tertiary/aromatic N) is 1. The van der Waals surface area contributed by atoms with E-state index in [1.807, 2.05) is 24.3 Å². The third-order valence-electron chi connectivity index (χ3n) is 1.46. The first-order valence-electron chi connectivity index (χ1n) is 3.46. The molecule has 0 aromatic heterocycles. The van der Waals surface area contributed by atoms with Gasteiger partial charge in [0.2, 0.25) is 0 Å². The Kier molecular flexibility index (Phi) is 3.52. The Balaban J connectivity index is 3.22. The molecule has 2 nitrogen and oxygen atoms in total. The van der Waals surface area contributed by atoms with Crippen molar-refractivity contribution in [3.63, 3.8) is 0 Å². The molecule has 0 saturated heterocycles. The summed E-state index contributed by atoms with van der Waals surface area (Å²) >= 11 is 6.68. The average Bonchev–Trinajstić information content (AvgIpc) is 2.09. The molecule has 0 saturated carbocycles. The van der Waals surface area contributed by atoms with E-state index in [-0.39, 0.29) is 0 Å². The largest absolute Gasteiger partial charge is 0.398 e. The van der Waals surface area contributed by atoms with Crippen molar-refractivity contribution in [3.05, 3.63) is 38.8 Å². The Morgan fingerprint density at radius 3 is 2.77 bits per heavy atom. The second-order valence-electron chi connectivity index (χ2n) is 2.35. The van der Waals surface area contributed by atoms with Crippen LogP contribution in [0.15, 0.2) is 33.2 Å². The molecule has 1 aromatic carbocycles. The van der Waals surface area contributed by atoms with E-state index in [0.717, 1.165) is 14.5 Å². The van der Waals surface area contributed by atoms with Crippen LogP contribution in [0, 0.1) is 11.3 Å². The highest BCUT2D eigenvalue weighted by Gasteiger charge is 2.02. The first-order valence-corrected chi connectivity index (χ1v) is 5.04. The Morgan fingerprint density at radius 2 is 2.15 bits per heavy atom. The van der Waals surface area contributed by atoms with E-state index < -0.39 is 0 Å². The Morgan fingerprint density at radius 1 is 1.46 bits per heavy atom. The molecule has 0 radical (unpaired) electrons. The maximum Gasteiger partial charge on any atom is 0.0933 e. The number of benzene rings is 1. The van der Waals surface area contributed by atoms with Crippen molar-refractivity contribution < 1.29 is 0 Å². The summed E-state index contributed by atoms with van der Waals surface area (Å²) in [5, 5.41) is 8.42. The molecule has 0 fully saturated rings. The van der Waals surface area contributed by atoms with E-state index in [4.69, 9.17) is 11.0 Å². The number of nitrogens with two attached hydrogens (primary N) is 1. The molecular weight excluding hydrogens is 296 g/mol. The van der Waals surface area contributed by atoms with Gasteiger partial charge in [0.05, 0.1) is 11.8 Å². The topological polar surface area (TPSA) is 49.8 Å². The number of allylic oxidation sites excluding steroid dienone is 1. The summed E-state index contributed by atoms with van der Waals surface area (Å²) in [5.41, 5.74) is 6.93. The number of hydrogen-bond acceptors (Lipinski definition) is 2. The van der Waals surface area contributed by atoms with Crippen LogP contribution in [-0.2, 0) is 0 Å². The zero-order valence-electron chi connectivity index (χ0n) is 6.59. The highest BCUT2D eigenvalue weighted by atomic mass is 79.9. The molecule has 2 N–H and O–H groups in total. The van der Waals surface area contributed by atoms with Crippen LogP contribution in [0.3, 0.4) is 0 Å². The van der Waals surface area contributed by atoms with Crippen molar-refractivity contribution >= 4 is 37.6 Å². The molecule has 0 aliphatic heterocycles. The van der Waals surface area contributed by atoms with Gasteiger partial charge in [-0.15, -0.1) is 0 Å². The molecule has 0 aliphatic carbocycles. The van der Waals surface area contributed by atoms with Crippen molar-refractivity contribution in [2.75, 3.05) is 0 Å². The van der Waals surface area contributed by atoms with Crippen LogP contribution in [-0.4, -0.2) is 0 Å². The van der Waals surface area contributed by atoms with E-state index in [0.29, 0.717) is 5.70 Å². The lowest BCUT2D eigenvalue weighted by Gasteiger charge is -2.03. The Bertz CT molecular complexity index is 391. The van der Waals surface area contributed by atoms with Gasteiger partial charge in [-0.1, -0.05) is 31.9 Å². The van der Waals surface area contributed by atoms with Crippen molar-refractivity contribution in [3.8, 4) is 6.07 Å². The standard InChI is InChI=1S/C9H6Br2N2/c10-6-1-2-8(11)7(5-6)9(13)3-4-12/h1-3,5H,13H2/b9-3+. The van der Waals surface area contributed by atoms with E-state index in [1.54, 1.807) is 0 Å². The van der Waals surface area contributed by atoms with Crippen LogP contribution >= 0.6 is 31.9 Å². The number of halogens is 2. The Labute approximate surface area is 93.3 Å². The molecule has 1 rings (SSSR count). The van der Waals surface area contributed by atoms with Gasteiger partial charge >= 0.3 is 0 Å². The average molecular weight is 302 g/mol. The van der Waals surface area contributed by atoms with Crippen LogP contribution in [0.2, 0.25) is 0 Å². The van der Waals surface area contributed by atoms with Gasteiger partial charge in [0, 0.05) is 20.6 Å². The minimum absolute atomic E-state index is 0.454. The first-order chi connectivity index (χ1) is 6.15. The second kappa shape index (κ2) is 4.45. The monoisotopic (exact) mass is 300 g/mol. The molecule has 0 spiro atoms. The summed E-state index contributed by atoms with van der Waals surface area (Å²) < 4.78 is 1.81. The molecule has 0 unspecified atom stereocenters. The maximum absolute atomic E-state index is 8.42. The van der Waals surface area contributed by atoms with E-state index in [1.165, 1.54) is 6.08 Å². The smallest absolute Gasteiger partial charge is 0.0933 e. The number of hydrogen-bond donors (Lipinski definition) is 1. The molecule has 0 heterocycles. The molecular formula is C9H6Br2N2. The van der Waals surface area contributed by atoms with Crippen LogP contribution in [0.1, 0.15) is 5.56 Å². The molecule has 0 atom stereocenters. The summed E-state index contributed by atoms with van der Waals surface area (Å²) in [7, 11) is 0. The quantitative estimate of drug-likeness (QED) is 0.811. The normalized spacial score (nSPS) is 11.0. The lowest BCUT2D eigenvalue weighted by Crippen LogP contribution is -1.96. The van der Waals surface area contributed by atoms with E-state index >= 15 is 0 Å². The Hall–Kier alpha value is -0.790. The third-order valence-corrected chi connectivity index (χ3v) is 2.64. The summed E-state index contributed by atoms with van der Waals surface area (Å²) in [4.78, 5) is 0. The zero-order chi connectivity index (χ0) is 9.84. The summed E-state index contributed by atoms with van der Waals surface area (Å²) in [6.45, 7) is 0. The minimum atomic E-state index is 0.454. The van der Waals surface area contributed by atoms with Gasteiger partial charge in [0.1, 0.15) is 0 Å². The molecule has 1 aromatic rings. The third kappa shape index (κ3) is 2.58. The molecule has 0 aliphatic rings. The highest BCUT2D eigenvalue weighted by molar-refractivity contribution is 9.11. The van der Waals surface area contributed by atoms with Gasteiger partial charge in [-0.3, -0.25) is 0 Å². The molecule has 4 heteroatoms. The van der Waals surface area contributed by atoms with Crippen LogP contribution < -0.4 is 5.73 Å². The summed E-state index contributed by atoms with van der Waals surface area (Å²) in [6, 6.07) is 7.51. The van der Waals surface area contributed by atoms with Crippen molar-refractivity contribution in [2.45, 2.75) is 0 Å².